The molecule has 2 aromatic rings. The lowest BCUT2D eigenvalue weighted by Gasteiger charge is -2.35. The molecule has 1 aromatic carbocycles. The van der Waals surface area contributed by atoms with Crippen molar-refractivity contribution in [1.29, 1.82) is 5.26 Å². The van der Waals surface area contributed by atoms with Gasteiger partial charge < -0.3 is 10.2 Å². The van der Waals surface area contributed by atoms with Crippen molar-refractivity contribution in [1.82, 2.24) is 15.2 Å². The topological polar surface area (TPSA) is 72.3 Å². The Hall–Kier alpha value is -2.91. The summed E-state index contributed by atoms with van der Waals surface area (Å²) in [6, 6.07) is 14.8. The Bertz CT molecular complexity index is 897. The molecule has 4 rings (SSSR count). The number of hydrogen-bond donors (Lipinski definition) is 1. The summed E-state index contributed by atoms with van der Waals surface area (Å²) in [5.74, 6) is 0.982. The van der Waals surface area contributed by atoms with Crippen LogP contribution in [0, 0.1) is 11.3 Å². The fourth-order valence-corrected chi connectivity index (χ4v) is 4.36. The van der Waals surface area contributed by atoms with Crippen molar-refractivity contribution < 1.29 is 4.79 Å². The molecule has 0 radical (unpaired) electrons. The molecular formula is C24H29N5O. The van der Waals surface area contributed by atoms with Gasteiger partial charge >= 0.3 is 0 Å². The molecule has 1 atom stereocenters. The number of piperazine rings is 1. The number of benzene rings is 1. The summed E-state index contributed by atoms with van der Waals surface area (Å²) in [4.78, 5) is 20.5. The van der Waals surface area contributed by atoms with Crippen LogP contribution >= 0.6 is 0 Å². The number of hydrogen-bond acceptors (Lipinski definition) is 5. The summed E-state index contributed by atoms with van der Waals surface area (Å²) in [5.41, 5.74) is 3.24. The highest BCUT2D eigenvalue weighted by molar-refractivity contribution is 5.78. The highest BCUT2D eigenvalue weighted by Gasteiger charge is 2.22. The minimum absolute atomic E-state index is 0.162. The Kier molecular flexibility index (Phi) is 6.60. The average molecular weight is 404 g/mol. The fourth-order valence-electron chi connectivity index (χ4n) is 4.36. The Labute approximate surface area is 178 Å². The van der Waals surface area contributed by atoms with Crippen molar-refractivity contribution in [2.75, 3.05) is 37.6 Å². The number of carbonyl (C=O) groups is 1. The standard InChI is InChI=1S/C24H29N5O/c25-18-21-5-3-12-26-24(21)29-16-14-28(15-17-29)13-2-1-4-19-6-8-20(9-7-19)22-10-11-23(30)27-22/h3,5-9,12,22H,1-2,4,10-11,13-17H2,(H,27,30). The third-order valence-corrected chi connectivity index (χ3v) is 6.15. The van der Waals surface area contributed by atoms with E-state index in [9.17, 15) is 10.1 Å². The van der Waals surface area contributed by atoms with E-state index in [4.69, 9.17) is 0 Å². The second kappa shape index (κ2) is 9.73. The number of aromatic nitrogens is 1. The maximum atomic E-state index is 11.4. The van der Waals surface area contributed by atoms with Crippen LogP contribution in [0.4, 0.5) is 5.82 Å². The van der Waals surface area contributed by atoms with E-state index in [2.05, 4.69) is 50.4 Å². The van der Waals surface area contributed by atoms with Gasteiger partial charge in [0.15, 0.2) is 0 Å². The van der Waals surface area contributed by atoms with Crippen LogP contribution in [0.3, 0.4) is 0 Å². The van der Waals surface area contributed by atoms with E-state index in [0.717, 1.165) is 51.4 Å². The van der Waals surface area contributed by atoms with Crippen LogP contribution in [0.25, 0.3) is 0 Å². The van der Waals surface area contributed by atoms with E-state index in [1.807, 2.05) is 12.1 Å². The van der Waals surface area contributed by atoms with E-state index in [-0.39, 0.29) is 11.9 Å². The van der Waals surface area contributed by atoms with Gasteiger partial charge in [-0.05, 0) is 55.5 Å². The number of pyridine rings is 1. The number of amides is 1. The fraction of sp³-hybridized carbons (Fsp3) is 0.458. The molecule has 156 valence electrons. The Morgan fingerprint density at radius 3 is 2.60 bits per heavy atom. The number of rotatable bonds is 7. The number of nitrogens with one attached hydrogen (secondary N) is 1. The van der Waals surface area contributed by atoms with Gasteiger partial charge in [-0.1, -0.05) is 24.3 Å². The van der Waals surface area contributed by atoms with Gasteiger partial charge in [0.1, 0.15) is 11.9 Å². The van der Waals surface area contributed by atoms with Crippen LogP contribution in [0.2, 0.25) is 0 Å². The SMILES string of the molecule is N#Cc1cccnc1N1CCN(CCCCc2ccc(C3CCC(=O)N3)cc2)CC1. The Balaban J connectivity index is 1.16. The lowest BCUT2D eigenvalue weighted by Crippen LogP contribution is -2.47. The number of aryl methyl sites for hydroxylation is 1. The maximum absolute atomic E-state index is 11.4. The van der Waals surface area contributed by atoms with E-state index in [0.29, 0.717) is 12.0 Å². The molecule has 2 fully saturated rings. The van der Waals surface area contributed by atoms with Crippen molar-refractivity contribution in [2.45, 2.75) is 38.1 Å². The minimum atomic E-state index is 0.162. The first-order valence-electron chi connectivity index (χ1n) is 10.9. The molecule has 1 amide bonds. The molecule has 1 unspecified atom stereocenters. The monoisotopic (exact) mass is 403 g/mol. The van der Waals surface area contributed by atoms with Crippen molar-refractivity contribution in [3.63, 3.8) is 0 Å². The molecule has 0 bridgehead atoms. The molecule has 6 heteroatoms. The van der Waals surface area contributed by atoms with Gasteiger partial charge in [0, 0.05) is 38.8 Å². The molecule has 6 nitrogen and oxygen atoms in total. The molecule has 0 saturated carbocycles. The van der Waals surface area contributed by atoms with Gasteiger partial charge in [-0.3, -0.25) is 9.69 Å². The van der Waals surface area contributed by atoms with Gasteiger partial charge in [0.2, 0.25) is 5.91 Å². The van der Waals surface area contributed by atoms with Crippen LogP contribution in [0.1, 0.15) is 48.4 Å². The minimum Gasteiger partial charge on any atom is -0.353 e. The van der Waals surface area contributed by atoms with Gasteiger partial charge in [-0.25, -0.2) is 4.98 Å². The zero-order valence-electron chi connectivity index (χ0n) is 17.4. The molecule has 0 aliphatic carbocycles. The average Bonchev–Trinajstić information content (AvgIpc) is 3.24. The highest BCUT2D eigenvalue weighted by atomic mass is 16.1. The van der Waals surface area contributed by atoms with Crippen LogP contribution in [0.15, 0.2) is 42.6 Å². The molecule has 2 saturated heterocycles. The van der Waals surface area contributed by atoms with Crippen LogP contribution in [0.5, 0.6) is 0 Å². The summed E-state index contributed by atoms with van der Waals surface area (Å²) in [5, 5.41) is 12.3. The highest BCUT2D eigenvalue weighted by Crippen LogP contribution is 2.24. The largest absolute Gasteiger partial charge is 0.353 e. The number of nitriles is 1. The third kappa shape index (κ3) is 4.98. The quantitative estimate of drug-likeness (QED) is 0.720. The molecule has 0 spiro atoms. The first kappa shape index (κ1) is 20.4. The zero-order valence-corrected chi connectivity index (χ0v) is 17.4. The summed E-state index contributed by atoms with van der Waals surface area (Å²) >= 11 is 0. The second-order valence-corrected chi connectivity index (χ2v) is 8.17. The predicted octanol–water partition coefficient (Wildman–Crippen LogP) is 3.05. The summed E-state index contributed by atoms with van der Waals surface area (Å²) in [6.45, 7) is 5.00. The Morgan fingerprint density at radius 2 is 1.90 bits per heavy atom. The molecule has 2 aliphatic rings. The van der Waals surface area contributed by atoms with E-state index in [1.165, 1.54) is 24.0 Å². The van der Waals surface area contributed by atoms with Gasteiger partial charge in [-0.15, -0.1) is 0 Å². The molecule has 1 N–H and O–H groups in total. The van der Waals surface area contributed by atoms with Crippen molar-refractivity contribution in [3.8, 4) is 6.07 Å². The van der Waals surface area contributed by atoms with Crippen molar-refractivity contribution >= 4 is 11.7 Å². The summed E-state index contributed by atoms with van der Waals surface area (Å²) < 4.78 is 0. The van der Waals surface area contributed by atoms with Crippen LogP contribution in [-0.4, -0.2) is 48.5 Å². The molecule has 2 aliphatic heterocycles. The smallest absolute Gasteiger partial charge is 0.220 e. The van der Waals surface area contributed by atoms with E-state index < -0.39 is 0 Å². The first-order chi connectivity index (χ1) is 14.7. The number of carbonyl (C=O) groups excluding carboxylic acids is 1. The number of nitrogens with zero attached hydrogens (tertiary/aromatic N) is 4. The number of anilines is 1. The van der Waals surface area contributed by atoms with Crippen LogP contribution < -0.4 is 10.2 Å². The zero-order chi connectivity index (χ0) is 20.8. The van der Waals surface area contributed by atoms with Gasteiger partial charge in [0.05, 0.1) is 11.6 Å². The van der Waals surface area contributed by atoms with Crippen molar-refractivity contribution in [2.24, 2.45) is 0 Å². The molecule has 30 heavy (non-hydrogen) atoms. The molecular weight excluding hydrogens is 374 g/mol. The third-order valence-electron chi connectivity index (χ3n) is 6.15. The molecule has 3 heterocycles. The van der Waals surface area contributed by atoms with Crippen molar-refractivity contribution in [3.05, 3.63) is 59.3 Å². The second-order valence-electron chi connectivity index (χ2n) is 8.17. The summed E-state index contributed by atoms with van der Waals surface area (Å²) in [7, 11) is 0. The predicted molar refractivity (Wildman–Crippen MR) is 117 cm³/mol. The van der Waals surface area contributed by atoms with E-state index in [1.54, 1.807) is 6.20 Å². The lowest BCUT2D eigenvalue weighted by atomic mass is 10.0. The molecule has 1 aromatic heterocycles. The van der Waals surface area contributed by atoms with E-state index >= 15 is 0 Å². The Morgan fingerprint density at radius 1 is 1.10 bits per heavy atom. The van der Waals surface area contributed by atoms with Gasteiger partial charge in [-0.2, -0.15) is 5.26 Å². The summed E-state index contributed by atoms with van der Waals surface area (Å²) in [6.07, 6.45) is 6.77. The maximum Gasteiger partial charge on any atom is 0.220 e. The first-order valence-corrected chi connectivity index (χ1v) is 10.9. The number of unbranched alkanes of at least 4 members (excludes halogenated alkanes) is 1. The lowest BCUT2D eigenvalue weighted by molar-refractivity contribution is -0.119. The normalized spacial score (nSPS) is 19.5. The van der Waals surface area contributed by atoms with Gasteiger partial charge in [0.25, 0.3) is 0 Å². The van der Waals surface area contributed by atoms with Crippen LogP contribution in [-0.2, 0) is 11.2 Å².